The topological polar surface area (TPSA) is 64.4 Å². The van der Waals surface area contributed by atoms with E-state index in [4.69, 9.17) is 20.9 Å². The van der Waals surface area contributed by atoms with E-state index >= 15 is 0 Å². The van der Waals surface area contributed by atoms with Gasteiger partial charge in [0.05, 0.1) is 16.8 Å². The molecule has 0 bridgehead atoms. The molecule has 6 heteroatoms. The number of nitrogens with one attached hydrogen (secondary N) is 1. The van der Waals surface area contributed by atoms with Gasteiger partial charge in [-0.15, -0.1) is 0 Å². The standard InChI is InChI=1S/C16H17ClN2O3/c1-10-14(16(20)18-9-11-5-4-8-21-11)15(22-19-10)12-6-2-3-7-13(12)17/h2-3,6-7,11H,4-5,8-9H2,1H3,(H,18,20)/t11-/m1/s1. The third-order valence-electron chi connectivity index (χ3n) is 3.72. The molecule has 2 heterocycles. The predicted molar refractivity (Wildman–Crippen MR) is 83.0 cm³/mol. The molecule has 3 rings (SSSR count). The summed E-state index contributed by atoms with van der Waals surface area (Å²) < 4.78 is 10.8. The summed E-state index contributed by atoms with van der Waals surface area (Å²) in [7, 11) is 0. The van der Waals surface area contributed by atoms with E-state index < -0.39 is 0 Å². The summed E-state index contributed by atoms with van der Waals surface area (Å²) in [6.45, 7) is 2.99. The molecule has 1 amide bonds. The highest BCUT2D eigenvalue weighted by molar-refractivity contribution is 6.33. The second-order valence-electron chi connectivity index (χ2n) is 5.30. The third-order valence-corrected chi connectivity index (χ3v) is 4.05. The lowest BCUT2D eigenvalue weighted by Gasteiger charge is -2.11. The molecule has 0 aliphatic carbocycles. The number of carbonyl (C=O) groups excluding carboxylic acids is 1. The summed E-state index contributed by atoms with van der Waals surface area (Å²) in [5, 5.41) is 7.32. The van der Waals surface area contributed by atoms with E-state index in [0.29, 0.717) is 34.1 Å². The Morgan fingerprint density at radius 2 is 2.27 bits per heavy atom. The molecule has 116 valence electrons. The van der Waals surface area contributed by atoms with Gasteiger partial charge in [0.2, 0.25) is 0 Å². The van der Waals surface area contributed by atoms with Gasteiger partial charge < -0.3 is 14.6 Å². The van der Waals surface area contributed by atoms with Crippen molar-refractivity contribution in [3.05, 3.63) is 40.5 Å². The minimum atomic E-state index is -0.218. The van der Waals surface area contributed by atoms with Crippen molar-refractivity contribution in [3.8, 4) is 11.3 Å². The number of hydrogen-bond donors (Lipinski definition) is 1. The first-order valence-corrected chi connectivity index (χ1v) is 7.65. The van der Waals surface area contributed by atoms with E-state index in [0.717, 1.165) is 19.4 Å². The Bertz CT molecular complexity index is 678. The van der Waals surface area contributed by atoms with Crippen LogP contribution in [0.3, 0.4) is 0 Å². The minimum absolute atomic E-state index is 0.0906. The Hall–Kier alpha value is -1.85. The highest BCUT2D eigenvalue weighted by Gasteiger charge is 2.24. The Morgan fingerprint density at radius 1 is 1.45 bits per heavy atom. The lowest BCUT2D eigenvalue weighted by atomic mass is 10.1. The van der Waals surface area contributed by atoms with Crippen LogP contribution in [-0.4, -0.2) is 30.3 Å². The molecule has 1 saturated heterocycles. The lowest BCUT2D eigenvalue weighted by Crippen LogP contribution is -2.32. The molecule has 0 radical (unpaired) electrons. The van der Waals surface area contributed by atoms with Crippen molar-refractivity contribution < 1.29 is 14.1 Å². The van der Waals surface area contributed by atoms with Gasteiger partial charge in [0.15, 0.2) is 5.76 Å². The van der Waals surface area contributed by atoms with Crippen molar-refractivity contribution in [1.82, 2.24) is 10.5 Å². The first-order valence-electron chi connectivity index (χ1n) is 7.28. The molecule has 2 aromatic rings. The molecular weight excluding hydrogens is 304 g/mol. The molecule has 0 unspecified atom stereocenters. The molecule has 0 spiro atoms. The number of aromatic nitrogens is 1. The minimum Gasteiger partial charge on any atom is -0.376 e. The second-order valence-corrected chi connectivity index (χ2v) is 5.70. The van der Waals surface area contributed by atoms with Crippen molar-refractivity contribution >= 4 is 17.5 Å². The van der Waals surface area contributed by atoms with Crippen LogP contribution in [0.15, 0.2) is 28.8 Å². The number of hydrogen-bond acceptors (Lipinski definition) is 4. The average Bonchev–Trinajstić information content (AvgIpc) is 3.15. The van der Waals surface area contributed by atoms with Crippen LogP contribution in [0.25, 0.3) is 11.3 Å². The van der Waals surface area contributed by atoms with E-state index in [1.165, 1.54) is 0 Å². The Labute approximate surface area is 133 Å². The van der Waals surface area contributed by atoms with Crippen LogP contribution < -0.4 is 5.32 Å². The fraction of sp³-hybridized carbons (Fsp3) is 0.375. The molecule has 1 aromatic carbocycles. The van der Waals surface area contributed by atoms with Crippen LogP contribution in [0.1, 0.15) is 28.9 Å². The monoisotopic (exact) mass is 320 g/mol. The summed E-state index contributed by atoms with van der Waals surface area (Å²) in [6.07, 6.45) is 2.10. The van der Waals surface area contributed by atoms with Crippen molar-refractivity contribution in [2.24, 2.45) is 0 Å². The Balaban J connectivity index is 1.82. The molecule has 1 aliphatic rings. The predicted octanol–water partition coefficient (Wildman–Crippen LogP) is 3.21. The molecule has 0 saturated carbocycles. The summed E-state index contributed by atoms with van der Waals surface area (Å²) in [5.41, 5.74) is 1.62. The van der Waals surface area contributed by atoms with Crippen molar-refractivity contribution in [2.45, 2.75) is 25.9 Å². The quantitative estimate of drug-likeness (QED) is 0.939. The summed E-state index contributed by atoms with van der Waals surface area (Å²) in [6, 6.07) is 7.22. The van der Waals surface area contributed by atoms with Crippen LogP contribution in [0.5, 0.6) is 0 Å². The lowest BCUT2D eigenvalue weighted by molar-refractivity contribution is 0.0857. The van der Waals surface area contributed by atoms with E-state index in [-0.39, 0.29) is 12.0 Å². The van der Waals surface area contributed by atoms with Gasteiger partial charge in [0.25, 0.3) is 5.91 Å². The van der Waals surface area contributed by atoms with Gasteiger partial charge in [-0.1, -0.05) is 28.9 Å². The molecule has 1 aliphatic heterocycles. The summed E-state index contributed by atoms with van der Waals surface area (Å²) >= 11 is 6.19. The Morgan fingerprint density at radius 3 is 3.00 bits per heavy atom. The molecule has 1 N–H and O–H groups in total. The number of ether oxygens (including phenoxy) is 1. The number of carbonyl (C=O) groups is 1. The number of aryl methyl sites for hydroxylation is 1. The van der Waals surface area contributed by atoms with Gasteiger partial charge in [-0.3, -0.25) is 4.79 Å². The first kappa shape index (κ1) is 15.1. The normalized spacial score (nSPS) is 17.6. The molecule has 1 fully saturated rings. The number of amides is 1. The van der Waals surface area contributed by atoms with Crippen LogP contribution in [0, 0.1) is 6.92 Å². The van der Waals surface area contributed by atoms with Crippen molar-refractivity contribution in [1.29, 1.82) is 0 Å². The first-order chi connectivity index (χ1) is 10.7. The average molecular weight is 321 g/mol. The molecule has 5 nitrogen and oxygen atoms in total. The van der Waals surface area contributed by atoms with Gasteiger partial charge in [-0.25, -0.2) is 0 Å². The summed E-state index contributed by atoms with van der Waals surface area (Å²) in [5.74, 6) is 0.178. The van der Waals surface area contributed by atoms with Gasteiger partial charge in [-0.05, 0) is 31.9 Å². The third kappa shape index (κ3) is 3.00. The smallest absolute Gasteiger partial charge is 0.257 e. The maximum Gasteiger partial charge on any atom is 0.257 e. The van der Waals surface area contributed by atoms with Gasteiger partial charge in [-0.2, -0.15) is 0 Å². The zero-order valence-electron chi connectivity index (χ0n) is 12.3. The molecule has 1 atom stereocenters. The SMILES string of the molecule is Cc1noc(-c2ccccc2Cl)c1C(=O)NC[C@H]1CCCO1. The van der Waals surface area contributed by atoms with Gasteiger partial charge in [0, 0.05) is 18.7 Å². The number of nitrogens with zero attached hydrogens (tertiary/aromatic N) is 1. The van der Waals surface area contributed by atoms with E-state index in [2.05, 4.69) is 10.5 Å². The number of benzene rings is 1. The highest BCUT2D eigenvalue weighted by atomic mass is 35.5. The number of halogens is 1. The van der Waals surface area contributed by atoms with E-state index in [1.54, 1.807) is 19.1 Å². The van der Waals surface area contributed by atoms with E-state index in [1.807, 2.05) is 12.1 Å². The van der Waals surface area contributed by atoms with Gasteiger partial charge in [0.1, 0.15) is 5.56 Å². The highest BCUT2D eigenvalue weighted by Crippen LogP contribution is 2.31. The molecule has 22 heavy (non-hydrogen) atoms. The zero-order chi connectivity index (χ0) is 15.5. The fourth-order valence-electron chi connectivity index (χ4n) is 2.57. The Kier molecular flexibility index (Phi) is 4.45. The van der Waals surface area contributed by atoms with Crippen molar-refractivity contribution in [2.75, 3.05) is 13.2 Å². The summed E-state index contributed by atoms with van der Waals surface area (Å²) in [4.78, 5) is 12.5. The maximum atomic E-state index is 12.5. The second kappa shape index (κ2) is 6.50. The number of rotatable bonds is 4. The van der Waals surface area contributed by atoms with Crippen LogP contribution in [-0.2, 0) is 4.74 Å². The largest absolute Gasteiger partial charge is 0.376 e. The van der Waals surface area contributed by atoms with Gasteiger partial charge >= 0.3 is 0 Å². The molecular formula is C16H17ClN2O3. The molecule has 1 aromatic heterocycles. The van der Waals surface area contributed by atoms with Crippen LogP contribution in [0.4, 0.5) is 0 Å². The van der Waals surface area contributed by atoms with Crippen LogP contribution >= 0.6 is 11.6 Å². The van der Waals surface area contributed by atoms with Crippen LogP contribution in [0.2, 0.25) is 5.02 Å². The zero-order valence-corrected chi connectivity index (χ0v) is 13.0. The maximum absolute atomic E-state index is 12.5. The fourth-order valence-corrected chi connectivity index (χ4v) is 2.79. The van der Waals surface area contributed by atoms with E-state index in [9.17, 15) is 4.79 Å². The van der Waals surface area contributed by atoms with Crippen molar-refractivity contribution in [3.63, 3.8) is 0 Å².